The van der Waals surface area contributed by atoms with E-state index in [9.17, 15) is 0 Å². The van der Waals surface area contributed by atoms with Gasteiger partial charge in [-0.1, -0.05) is 153 Å². The van der Waals surface area contributed by atoms with Gasteiger partial charge >= 0.3 is 0 Å². The third-order valence-electron chi connectivity index (χ3n) is 14.0. The van der Waals surface area contributed by atoms with Crippen LogP contribution in [0.2, 0.25) is 0 Å². The topological polar surface area (TPSA) is 34.2 Å². The van der Waals surface area contributed by atoms with Crippen molar-refractivity contribution >= 4 is 83.2 Å². The van der Waals surface area contributed by atoms with Gasteiger partial charge in [0.25, 0.3) is 0 Å². The normalized spacial score (nSPS) is 16.0. The zero-order valence-corrected chi connectivity index (χ0v) is 36.4. The van der Waals surface area contributed by atoms with Crippen LogP contribution < -0.4 is 4.90 Å². The standard InChI is InChI=1S/C61H45N3O/c1-38-11-6-8-17-55(38)64-56-18-9-7-16-54(56)62-61(64)44-21-19-40(20-22-44)48-32-25-42-28-35-52-49(33-26-43-27-34-51(48)58(42)59(43)52)41-23-29-46(30-24-41)63(45-13-4-3-5-14-45)47-31-36-50-53-15-10-12-39(2)60(53)65-57(50)37-47/h3-10,13-39H,11-12H2,1-2H3. The Hall–Kier alpha value is -7.95. The van der Waals surface area contributed by atoms with Crippen molar-refractivity contribution in [2.24, 2.45) is 5.92 Å². The molecule has 310 valence electrons. The number of hydrogen-bond donors (Lipinski definition) is 0. The highest BCUT2D eigenvalue weighted by atomic mass is 16.3. The van der Waals surface area contributed by atoms with Crippen LogP contribution in [0.15, 0.2) is 199 Å². The Morgan fingerprint density at radius 2 is 1.15 bits per heavy atom. The minimum atomic E-state index is 0.374. The number of nitrogens with zero attached hydrogens (tertiary/aromatic N) is 3. The molecular weight excluding hydrogens is 791 g/mol. The van der Waals surface area contributed by atoms with Crippen molar-refractivity contribution in [1.29, 1.82) is 0 Å². The third-order valence-corrected chi connectivity index (χ3v) is 14.0. The van der Waals surface area contributed by atoms with E-state index >= 15 is 0 Å². The van der Waals surface area contributed by atoms with E-state index < -0.39 is 0 Å². The Bertz CT molecular complexity index is 3730. The van der Waals surface area contributed by atoms with E-state index in [0.29, 0.717) is 11.8 Å². The van der Waals surface area contributed by atoms with Crippen molar-refractivity contribution in [2.45, 2.75) is 32.6 Å². The maximum Gasteiger partial charge on any atom is 0.145 e. The molecule has 9 aromatic carbocycles. The molecule has 0 fully saturated rings. The van der Waals surface area contributed by atoms with E-state index in [0.717, 1.165) is 63.7 Å². The Labute approximate surface area is 378 Å². The van der Waals surface area contributed by atoms with Gasteiger partial charge < -0.3 is 9.32 Å². The minimum absolute atomic E-state index is 0.374. The first kappa shape index (κ1) is 37.6. The summed E-state index contributed by atoms with van der Waals surface area (Å²) in [4.78, 5) is 7.51. The molecular formula is C61H45N3O. The lowest BCUT2D eigenvalue weighted by atomic mass is 9.87. The van der Waals surface area contributed by atoms with Crippen molar-refractivity contribution in [2.75, 3.05) is 4.90 Å². The van der Waals surface area contributed by atoms with Crippen molar-refractivity contribution in [1.82, 2.24) is 9.55 Å². The van der Waals surface area contributed by atoms with Gasteiger partial charge in [0.2, 0.25) is 0 Å². The number of furan rings is 1. The van der Waals surface area contributed by atoms with E-state index in [1.807, 2.05) is 0 Å². The van der Waals surface area contributed by atoms with Gasteiger partial charge in [-0.2, -0.15) is 0 Å². The average Bonchev–Trinajstić information content (AvgIpc) is 3.93. The van der Waals surface area contributed by atoms with Crippen LogP contribution >= 0.6 is 0 Å². The van der Waals surface area contributed by atoms with Crippen molar-refractivity contribution in [3.63, 3.8) is 0 Å². The summed E-state index contributed by atoms with van der Waals surface area (Å²) in [6.07, 6.45) is 13.2. The van der Waals surface area contributed by atoms with Crippen LogP contribution in [0.25, 0.3) is 99.7 Å². The van der Waals surface area contributed by atoms with Crippen LogP contribution in [0.4, 0.5) is 17.1 Å². The largest absolute Gasteiger partial charge is 0.460 e. The highest BCUT2D eigenvalue weighted by molar-refractivity contribution is 6.27. The van der Waals surface area contributed by atoms with Gasteiger partial charge in [-0.3, -0.25) is 4.57 Å². The molecule has 4 heteroatoms. The number of hydrogen-bond acceptors (Lipinski definition) is 3. The molecule has 65 heavy (non-hydrogen) atoms. The molecule has 2 atom stereocenters. The second kappa shape index (κ2) is 14.8. The van der Waals surface area contributed by atoms with Crippen LogP contribution in [0.1, 0.15) is 43.9 Å². The highest BCUT2D eigenvalue weighted by Gasteiger charge is 2.24. The lowest BCUT2D eigenvalue weighted by molar-refractivity contribution is 0.504. The molecule has 0 saturated carbocycles. The first-order valence-electron chi connectivity index (χ1n) is 22.9. The predicted molar refractivity (Wildman–Crippen MR) is 273 cm³/mol. The number of imidazole rings is 1. The molecule has 2 aliphatic rings. The average molecular weight is 836 g/mol. The van der Waals surface area contributed by atoms with Crippen LogP contribution in [0, 0.1) is 5.92 Å². The van der Waals surface area contributed by atoms with E-state index in [1.54, 1.807) is 0 Å². The van der Waals surface area contributed by atoms with Gasteiger partial charge in [0, 0.05) is 57.2 Å². The van der Waals surface area contributed by atoms with Gasteiger partial charge in [0.1, 0.15) is 17.2 Å². The van der Waals surface area contributed by atoms with E-state index in [1.165, 1.54) is 71.2 Å². The summed E-state index contributed by atoms with van der Waals surface area (Å²) in [5.74, 6) is 2.84. The fourth-order valence-corrected chi connectivity index (χ4v) is 10.7. The zero-order chi connectivity index (χ0) is 43.2. The van der Waals surface area contributed by atoms with Crippen LogP contribution in [0.3, 0.4) is 0 Å². The van der Waals surface area contributed by atoms with Crippen LogP contribution in [-0.4, -0.2) is 9.55 Å². The Morgan fingerprint density at radius 1 is 0.554 bits per heavy atom. The molecule has 0 N–H and O–H groups in total. The molecule has 2 aromatic heterocycles. The van der Waals surface area contributed by atoms with Gasteiger partial charge in [-0.25, -0.2) is 4.98 Å². The maximum atomic E-state index is 6.54. The van der Waals surface area contributed by atoms with Gasteiger partial charge in [-0.15, -0.1) is 0 Å². The number of allylic oxidation sites excluding steroid dienone is 5. The van der Waals surface area contributed by atoms with Crippen molar-refractivity contribution in [3.8, 4) is 33.6 Å². The molecule has 11 aromatic rings. The summed E-state index contributed by atoms with van der Waals surface area (Å²) in [7, 11) is 0. The molecule has 2 unspecified atom stereocenters. The maximum absolute atomic E-state index is 6.54. The molecule has 2 heterocycles. The molecule has 0 spiro atoms. The van der Waals surface area contributed by atoms with Gasteiger partial charge in [-0.05, 0) is 122 Å². The van der Waals surface area contributed by atoms with Gasteiger partial charge in [0.05, 0.1) is 11.0 Å². The monoisotopic (exact) mass is 835 g/mol. The zero-order valence-electron chi connectivity index (χ0n) is 36.4. The quantitative estimate of drug-likeness (QED) is 0.150. The molecule has 0 amide bonds. The lowest BCUT2D eigenvalue weighted by Gasteiger charge is -2.25. The summed E-state index contributed by atoms with van der Waals surface area (Å²) in [6.45, 7) is 4.55. The predicted octanol–water partition coefficient (Wildman–Crippen LogP) is 17.1. The second-order valence-electron chi connectivity index (χ2n) is 18.0. The fourth-order valence-electron chi connectivity index (χ4n) is 10.7. The Kier molecular flexibility index (Phi) is 8.57. The second-order valence-corrected chi connectivity index (χ2v) is 18.0. The Morgan fingerprint density at radius 3 is 1.88 bits per heavy atom. The Balaban J connectivity index is 0.876. The lowest BCUT2D eigenvalue weighted by Crippen LogP contribution is -2.09. The molecule has 0 radical (unpaired) electrons. The van der Waals surface area contributed by atoms with E-state index in [-0.39, 0.29) is 0 Å². The molecule has 13 rings (SSSR count). The summed E-state index contributed by atoms with van der Waals surface area (Å²) in [5.41, 5.74) is 14.8. The first-order chi connectivity index (χ1) is 32.1. The molecule has 0 aliphatic heterocycles. The van der Waals surface area contributed by atoms with Crippen LogP contribution in [-0.2, 0) is 0 Å². The van der Waals surface area contributed by atoms with Gasteiger partial charge in [0.15, 0.2) is 0 Å². The molecule has 4 nitrogen and oxygen atoms in total. The SMILES string of the molecule is CC1CC=CC=C1n1c(-c2ccc(-c3ccc4ccc5c(-c6ccc(N(c7ccccc7)c7ccc8c9c(oc8c7)C(C)CC=C9)cc6)ccc6ccc3c4c65)cc2)nc2ccccc21. The third kappa shape index (κ3) is 6.01. The highest BCUT2D eigenvalue weighted by Crippen LogP contribution is 2.45. The summed E-state index contributed by atoms with van der Waals surface area (Å²) in [5, 5.41) is 8.81. The molecule has 0 bridgehead atoms. The fraction of sp³-hybridized carbons (Fsp3) is 0.0984. The number of rotatable bonds is 7. The van der Waals surface area contributed by atoms with Crippen molar-refractivity contribution < 1.29 is 4.42 Å². The van der Waals surface area contributed by atoms with E-state index in [4.69, 9.17) is 9.40 Å². The number of anilines is 3. The van der Waals surface area contributed by atoms with Crippen LogP contribution in [0.5, 0.6) is 0 Å². The number of aromatic nitrogens is 2. The summed E-state index contributed by atoms with van der Waals surface area (Å²) in [6, 6.07) is 62.2. The van der Waals surface area contributed by atoms with E-state index in [2.05, 4.69) is 224 Å². The minimum Gasteiger partial charge on any atom is -0.460 e. The summed E-state index contributed by atoms with van der Waals surface area (Å²) < 4.78 is 8.90. The number of para-hydroxylation sites is 3. The smallest absolute Gasteiger partial charge is 0.145 e. The number of benzene rings is 9. The van der Waals surface area contributed by atoms with Crippen molar-refractivity contribution in [3.05, 3.63) is 205 Å². The molecule has 2 aliphatic carbocycles. The molecule has 0 saturated heterocycles. The first-order valence-corrected chi connectivity index (χ1v) is 22.9. The number of fused-ring (bicyclic) bond motifs is 4. The summed E-state index contributed by atoms with van der Waals surface area (Å²) >= 11 is 0.